The maximum Gasteiger partial charge on any atom is 0.227 e. The van der Waals surface area contributed by atoms with Crippen LogP contribution in [-0.4, -0.2) is 42.8 Å². The van der Waals surface area contributed by atoms with Crippen LogP contribution in [0.3, 0.4) is 0 Å². The third-order valence-corrected chi connectivity index (χ3v) is 5.52. The van der Waals surface area contributed by atoms with Gasteiger partial charge in [-0.2, -0.15) is 0 Å². The van der Waals surface area contributed by atoms with Gasteiger partial charge in [0, 0.05) is 12.1 Å². The molecule has 5 heteroatoms. The van der Waals surface area contributed by atoms with Gasteiger partial charge in [0.1, 0.15) is 0 Å². The van der Waals surface area contributed by atoms with E-state index in [4.69, 9.17) is 0 Å². The Bertz CT molecular complexity index is 399. The topological polar surface area (TPSA) is 54.5 Å². The minimum Gasteiger partial charge on any atom is -0.337 e. The Balaban J connectivity index is 2.09. The van der Waals surface area contributed by atoms with E-state index in [1.165, 1.54) is 0 Å². The third kappa shape index (κ3) is 2.10. The molecule has 0 aromatic carbocycles. The van der Waals surface area contributed by atoms with Crippen molar-refractivity contribution in [3.05, 3.63) is 0 Å². The lowest BCUT2D eigenvalue weighted by Gasteiger charge is -2.33. The lowest BCUT2D eigenvalue weighted by molar-refractivity contribution is -0.137. The van der Waals surface area contributed by atoms with Crippen LogP contribution in [0.1, 0.15) is 33.1 Å². The summed E-state index contributed by atoms with van der Waals surface area (Å²) < 4.78 is 22.7. The molecule has 2 aliphatic heterocycles. The largest absolute Gasteiger partial charge is 0.337 e. The zero-order valence-electron chi connectivity index (χ0n) is 9.90. The van der Waals surface area contributed by atoms with E-state index in [0.29, 0.717) is 6.42 Å². The van der Waals surface area contributed by atoms with Crippen molar-refractivity contribution >= 4 is 15.7 Å². The number of sulfone groups is 1. The van der Waals surface area contributed by atoms with Crippen LogP contribution in [0.5, 0.6) is 0 Å². The van der Waals surface area contributed by atoms with Gasteiger partial charge in [0.2, 0.25) is 5.91 Å². The van der Waals surface area contributed by atoms with Gasteiger partial charge in [-0.05, 0) is 33.1 Å². The quantitative estimate of drug-likeness (QED) is 0.687. The molecule has 4 nitrogen and oxygen atoms in total. The van der Waals surface area contributed by atoms with E-state index >= 15 is 0 Å². The molecule has 1 atom stereocenters. The number of hydrogen-bond acceptors (Lipinski definition) is 3. The highest BCUT2D eigenvalue weighted by Gasteiger charge is 2.41. The molecule has 2 fully saturated rings. The Morgan fingerprint density at radius 2 is 2.06 bits per heavy atom. The Morgan fingerprint density at radius 3 is 2.50 bits per heavy atom. The molecular weight excluding hydrogens is 226 g/mol. The van der Waals surface area contributed by atoms with Gasteiger partial charge in [-0.25, -0.2) is 8.42 Å². The summed E-state index contributed by atoms with van der Waals surface area (Å²) in [5, 5.41) is 0. The lowest BCUT2D eigenvalue weighted by Crippen LogP contribution is -2.45. The summed E-state index contributed by atoms with van der Waals surface area (Å²) in [5.41, 5.74) is -0.0938. The highest BCUT2D eigenvalue weighted by molar-refractivity contribution is 7.91. The number of nitrogens with zero attached hydrogens (tertiary/aromatic N) is 1. The van der Waals surface area contributed by atoms with Crippen LogP contribution >= 0.6 is 0 Å². The lowest BCUT2D eigenvalue weighted by atomic mass is 9.99. The number of likely N-dealkylation sites (tertiary alicyclic amines) is 1. The van der Waals surface area contributed by atoms with Crippen LogP contribution < -0.4 is 0 Å². The molecule has 0 spiro atoms. The fourth-order valence-electron chi connectivity index (χ4n) is 2.73. The molecule has 0 bridgehead atoms. The van der Waals surface area contributed by atoms with Gasteiger partial charge in [0.25, 0.3) is 0 Å². The normalized spacial score (nSPS) is 31.9. The number of carbonyl (C=O) groups is 1. The van der Waals surface area contributed by atoms with Crippen molar-refractivity contribution in [1.29, 1.82) is 0 Å². The molecule has 2 saturated heterocycles. The third-order valence-electron chi connectivity index (χ3n) is 3.75. The molecule has 0 unspecified atom stereocenters. The maximum absolute atomic E-state index is 12.2. The maximum atomic E-state index is 12.2. The van der Waals surface area contributed by atoms with Crippen molar-refractivity contribution in [3.8, 4) is 0 Å². The second kappa shape index (κ2) is 3.72. The van der Waals surface area contributed by atoms with Gasteiger partial charge in [-0.3, -0.25) is 4.79 Å². The molecule has 92 valence electrons. The van der Waals surface area contributed by atoms with Crippen molar-refractivity contribution in [1.82, 2.24) is 4.90 Å². The van der Waals surface area contributed by atoms with Gasteiger partial charge in [-0.1, -0.05) is 0 Å². The molecule has 2 rings (SSSR count). The van der Waals surface area contributed by atoms with E-state index in [1.807, 2.05) is 4.90 Å². The standard InChI is InChI=1S/C11H19NO3S/c1-11(2)5-3-6-12(11)10(13)9-4-7-16(14,15)8-9/h9H,3-8H2,1-2H3/t9-/m0/s1. The van der Waals surface area contributed by atoms with Gasteiger partial charge in [0.05, 0.1) is 17.4 Å². The molecule has 2 aliphatic rings. The van der Waals surface area contributed by atoms with Gasteiger partial charge >= 0.3 is 0 Å². The van der Waals surface area contributed by atoms with Crippen LogP contribution in [0.4, 0.5) is 0 Å². The van der Waals surface area contributed by atoms with Crippen LogP contribution in [0.15, 0.2) is 0 Å². The van der Waals surface area contributed by atoms with Crippen molar-refractivity contribution in [2.75, 3.05) is 18.1 Å². The van der Waals surface area contributed by atoms with E-state index in [1.54, 1.807) is 0 Å². The molecule has 0 aromatic rings. The minimum absolute atomic E-state index is 0.0450. The van der Waals surface area contributed by atoms with Crippen molar-refractivity contribution in [3.63, 3.8) is 0 Å². The van der Waals surface area contributed by atoms with Crippen molar-refractivity contribution in [2.45, 2.75) is 38.6 Å². The monoisotopic (exact) mass is 245 g/mol. The predicted molar refractivity (Wildman–Crippen MR) is 61.8 cm³/mol. The molecule has 0 aromatic heterocycles. The van der Waals surface area contributed by atoms with Gasteiger partial charge in [0.15, 0.2) is 9.84 Å². The van der Waals surface area contributed by atoms with Gasteiger partial charge < -0.3 is 4.90 Å². The van der Waals surface area contributed by atoms with Crippen LogP contribution in [0, 0.1) is 5.92 Å². The first kappa shape index (κ1) is 11.9. The average Bonchev–Trinajstić information content (AvgIpc) is 2.67. The summed E-state index contributed by atoms with van der Waals surface area (Å²) >= 11 is 0. The molecule has 2 heterocycles. The van der Waals surface area contributed by atoms with E-state index in [9.17, 15) is 13.2 Å². The highest BCUT2D eigenvalue weighted by atomic mass is 32.2. The smallest absolute Gasteiger partial charge is 0.227 e. The summed E-state index contributed by atoms with van der Waals surface area (Å²) in [7, 11) is -2.95. The Morgan fingerprint density at radius 1 is 1.38 bits per heavy atom. The second-order valence-corrected chi connectivity index (χ2v) is 7.73. The first-order chi connectivity index (χ1) is 7.32. The highest BCUT2D eigenvalue weighted by Crippen LogP contribution is 2.32. The summed E-state index contributed by atoms with van der Waals surface area (Å²) in [5.74, 6) is -0.0123. The summed E-state index contributed by atoms with van der Waals surface area (Å²) in [6, 6.07) is 0. The van der Waals surface area contributed by atoms with E-state index < -0.39 is 9.84 Å². The first-order valence-corrected chi connectivity index (χ1v) is 7.66. The van der Waals surface area contributed by atoms with Crippen molar-refractivity contribution in [2.24, 2.45) is 5.92 Å². The molecule has 16 heavy (non-hydrogen) atoms. The number of hydrogen-bond donors (Lipinski definition) is 0. The van der Waals surface area contributed by atoms with E-state index in [2.05, 4.69) is 13.8 Å². The Labute approximate surface area is 96.9 Å². The Kier molecular flexibility index (Phi) is 2.77. The van der Waals surface area contributed by atoms with Gasteiger partial charge in [-0.15, -0.1) is 0 Å². The number of rotatable bonds is 1. The Hall–Kier alpha value is -0.580. The molecule has 1 amide bonds. The number of carbonyl (C=O) groups excluding carboxylic acids is 1. The summed E-state index contributed by atoms with van der Waals surface area (Å²) in [6.07, 6.45) is 2.55. The molecule has 0 radical (unpaired) electrons. The SMILES string of the molecule is CC1(C)CCCN1C(=O)[C@H]1CCS(=O)(=O)C1. The van der Waals surface area contributed by atoms with Crippen LogP contribution in [0.2, 0.25) is 0 Å². The average molecular weight is 245 g/mol. The molecule has 0 saturated carbocycles. The molecule has 0 aliphatic carbocycles. The zero-order valence-corrected chi connectivity index (χ0v) is 10.7. The summed E-state index contributed by atoms with van der Waals surface area (Å²) in [4.78, 5) is 14.1. The van der Waals surface area contributed by atoms with Crippen LogP contribution in [0.25, 0.3) is 0 Å². The van der Waals surface area contributed by atoms with E-state index in [-0.39, 0.29) is 28.9 Å². The second-order valence-electron chi connectivity index (χ2n) is 5.51. The summed E-state index contributed by atoms with van der Waals surface area (Å²) in [6.45, 7) is 4.89. The number of amides is 1. The van der Waals surface area contributed by atoms with Crippen LogP contribution in [-0.2, 0) is 14.6 Å². The first-order valence-electron chi connectivity index (χ1n) is 5.84. The molecular formula is C11H19NO3S. The zero-order chi connectivity index (χ0) is 12.0. The van der Waals surface area contributed by atoms with Crippen molar-refractivity contribution < 1.29 is 13.2 Å². The van der Waals surface area contributed by atoms with E-state index in [0.717, 1.165) is 19.4 Å². The molecule has 0 N–H and O–H groups in total. The minimum atomic E-state index is -2.95. The predicted octanol–water partition coefficient (Wildman–Crippen LogP) is 0.822. The fourth-order valence-corrected chi connectivity index (χ4v) is 4.46. The fraction of sp³-hybridized carbons (Fsp3) is 0.909.